The van der Waals surface area contributed by atoms with Gasteiger partial charge in [-0.2, -0.15) is 0 Å². The molecular formula is C23H28BrN3O2. The number of benzene rings is 1. The van der Waals surface area contributed by atoms with Gasteiger partial charge in [0.05, 0.1) is 11.5 Å². The number of likely N-dealkylation sites (tertiary alicyclic amines) is 1. The summed E-state index contributed by atoms with van der Waals surface area (Å²) in [6.07, 6.45) is 4.18. The molecule has 2 amide bonds. The number of rotatable bonds is 5. The van der Waals surface area contributed by atoms with E-state index in [9.17, 15) is 9.59 Å². The maximum atomic E-state index is 13.3. The first-order chi connectivity index (χ1) is 13.9. The molecule has 4 rings (SSSR count). The van der Waals surface area contributed by atoms with Gasteiger partial charge in [-0.3, -0.25) is 9.59 Å². The Balaban J connectivity index is 1.50. The van der Waals surface area contributed by atoms with Gasteiger partial charge < -0.3 is 14.8 Å². The van der Waals surface area contributed by atoms with E-state index in [4.69, 9.17) is 0 Å². The van der Waals surface area contributed by atoms with Gasteiger partial charge in [0.25, 0.3) is 5.91 Å². The van der Waals surface area contributed by atoms with Crippen LogP contribution in [0, 0.1) is 25.7 Å². The van der Waals surface area contributed by atoms with Crippen LogP contribution >= 0.6 is 15.9 Å². The first-order valence-electron chi connectivity index (χ1n) is 10.5. The van der Waals surface area contributed by atoms with Gasteiger partial charge in [-0.1, -0.05) is 22.0 Å². The lowest BCUT2D eigenvalue weighted by Crippen LogP contribution is -2.45. The predicted molar refractivity (Wildman–Crippen MR) is 117 cm³/mol. The van der Waals surface area contributed by atoms with Gasteiger partial charge in [-0.25, -0.2) is 0 Å². The molecule has 2 aromatic rings. The lowest BCUT2D eigenvalue weighted by molar-refractivity contribution is -0.126. The third kappa shape index (κ3) is 4.42. The van der Waals surface area contributed by atoms with Gasteiger partial charge in [-0.05, 0) is 69.7 Å². The first-order valence-corrected chi connectivity index (χ1v) is 11.2. The van der Waals surface area contributed by atoms with Crippen LogP contribution in [0.4, 0.5) is 0 Å². The van der Waals surface area contributed by atoms with Crippen LogP contribution in [0.2, 0.25) is 0 Å². The van der Waals surface area contributed by atoms with Crippen molar-refractivity contribution in [2.24, 2.45) is 11.8 Å². The zero-order valence-corrected chi connectivity index (χ0v) is 18.7. The molecule has 1 N–H and O–H groups in total. The highest BCUT2D eigenvalue weighted by Crippen LogP contribution is 2.28. The van der Waals surface area contributed by atoms with Crippen molar-refractivity contribution >= 4 is 27.7 Å². The molecule has 2 heterocycles. The SMILES string of the molecule is Cc1cc(C(=O)N2CCCC(C(=O)NCC3CC3)C2)c(C)n1-c1cccc(Br)c1. The Kier molecular flexibility index (Phi) is 5.81. The van der Waals surface area contributed by atoms with E-state index in [-0.39, 0.29) is 17.7 Å². The standard InChI is InChI=1S/C23H28BrN3O2/c1-15-11-21(16(2)27(15)20-7-3-6-19(24)12-20)23(29)26-10-4-5-18(14-26)22(28)25-13-17-8-9-17/h3,6-7,11-12,17-18H,4-5,8-10,13-14H2,1-2H3,(H,25,28). The van der Waals surface area contributed by atoms with E-state index in [1.54, 1.807) is 0 Å². The van der Waals surface area contributed by atoms with Crippen molar-refractivity contribution in [3.63, 3.8) is 0 Å². The Morgan fingerprint density at radius 3 is 2.69 bits per heavy atom. The molecule has 1 aliphatic carbocycles. The quantitative estimate of drug-likeness (QED) is 0.729. The van der Waals surface area contributed by atoms with Gasteiger partial charge >= 0.3 is 0 Å². The maximum absolute atomic E-state index is 13.3. The van der Waals surface area contributed by atoms with Gasteiger partial charge in [0.15, 0.2) is 0 Å². The molecule has 1 saturated carbocycles. The summed E-state index contributed by atoms with van der Waals surface area (Å²) in [6, 6.07) is 10.0. The number of amides is 2. The molecule has 1 unspecified atom stereocenters. The molecule has 5 nitrogen and oxygen atoms in total. The van der Waals surface area contributed by atoms with Crippen molar-refractivity contribution in [1.29, 1.82) is 0 Å². The van der Waals surface area contributed by atoms with Crippen LogP contribution < -0.4 is 5.32 Å². The normalized spacial score (nSPS) is 19.3. The van der Waals surface area contributed by atoms with E-state index in [1.807, 2.05) is 43.0 Å². The third-order valence-electron chi connectivity index (χ3n) is 6.07. The van der Waals surface area contributed by atoms with Crippen LogP contribution in [0.3, 0.4) is 0 Å². The zero-order valence-electron chi connectivity index (χ0n) is 17.1. The molecule has 0 spiro atoms. The number of carbonyl (C=O) groups is 2. The molecule has 154 valence electrons. The predicted octanol–water partition coefficient (Wildman–Crippen LogP) is 4.24. The van der Waals surface area contributed by atoms with E-state index >= 15 is 0 Å². The van der Waals surface area contributed by atoms with Crippen molar-refractivity contribution < 1.29 is 9.59 Å². The highest BCUT2D eigenvalue weighted by molar-refractivity contribution is 9.10. The molecule has 2 fully saturated rings. The van der Waals surface area contributed by atoms with Gasteiger partial charge in [0.1, 0.15) is 0 Å². The Labute approximate surface area is 180 Å². The molecule has 1 aromatic heterocycles. The van der Waals surface area contributed by atoms with Crippen molar-refractivity contribution in [3.05, 3.63) is 51.8 Å². The van der Waals surface area contributed by atoms with Crippen LogP contribution in [0.5, 0.6) is 0 Å². The number of nitrogens with one attached hydrogen (secondary N) is 1. The molecule has 1 saturated heterocycles. The van der Waals surface area contributed by atoms with E-state index in [0.29, 0.717) is 19.0 Å². The second kappa shape index (κ2) is 8.34. The van der Waals surface area contributed by atoms with E-state index < -0.39 is 0 Å². The van der Waals surface area contributed by atoms with Crippen LogP contribution in [0.15, 0.2) is 34.8 Å². The fourth-order valence-corrected chi connectivity index (χ4v) is 4.64. The smallest absolute Gasteiger partial charge is 0.255 e. The Bertz CT molecular complexity index is 932. The second-order valence-corrected chi connectivity index (χ2v) is 9.29. The lowest BCUT2D eigenvalue weighted by atomic mass is 9.96. The first kappa shape index (κ1) is 20.2. The van der Waals surface area contributed by atoms with Crippen LogP contribution in [-0.4, -0.2) is 40.9 Å². The lowest BCUT2D eigenvalue weighted by Gasteiger charge is -2.32. The van der Waals surface area contributed by atoms with Crippen molar-refractivity contribution in [2.45, 2.75) is 39.5 Å². The average Bonchev–Trinajstić information content (AvgIpc) is 3.49. The van der Waals surface area contributed by atoms with Crippen LogP contribution in [0.1, 0.15) is 47.4 Å². The second-order valence-electron chi connectivity index (χ2n) is 8.38. The topological polar surface area (TPSA) is 54.3 Å². The van der Waals surface area contributed by atoms with Crippen LogP contribution in [0.25, 0.3) is 5.69 Å². The van der Waals surface area contributed by atoms with E-state index in [2.05, 4.69) is 31.9 Å². The molecule has 6 heteroatoms. The Morgan fingerprint density at radius 2 is 1.97 bits per heavy atom. The summed E-state index contributed by atoms with van der Waals surface area (Å²) in [7, 11) is 0. The summed E-state index contributed by atoms with van der Waals surface area (Å²) in [5.74, 6) is 0.705. The Morgan fingerprint density at radius 1 is 1.17 bits per heavy atom. The number of aryl methyl sites for hydroxylation is 1. The molecule has 1 aromatic carbocycles. The number of hydrogen-bond acceptors (Lipinski definition) is 2. The highest BCUT2D eigenvalue weighted by Gasteiger charge is 2.31. The number of carbonyl (C=O) groups excluding carboxylic acids is 2. The minimum absolute atomic E-state index is 0.0269. The molecule has 2 aliphatic rings. The Hall–Kier alpha value is -2.08. The number of nitrogens with zero attached hydrogens (tertiary/aromatic N) is 2. The highest BCUT2D eigenvalue weighted by atomic mass is 79.9. The summed E-state index contributed by atoms with van der Waals surface area (Å²) in [6.45, 7) is 6.03. The van der Waals surface area contributed by atoms with E-state index in [1.165, 1.54) is 12.8 Å². The summed E-state index contributed by atoms with van der Waals surface area (Å²) in [4.78, 5) is 27.7. The number of aromatic nitrogens is 1. The summed E-state index contributed by atoms with van der Waals surface area (Å²) >= 11 is 3.53. The number of piperidine rings is 1. The summed E-state index contributed by atoms with van der Waals surface area (Å²) in [5, 5.41) is 3.08. The molecule has 29 heavy (non-hydrogen) atoms. The molecule has 1 atom stereocenters. The molecule has 0 radical (unpaired) electrons. The fourth-order valence-electron chi connectivity index (χ4n) is 4.25. The monoisotopic (exact) mass is 457 g/mol. The minimum Gasteiger partial charge on any atom is -0.356 e. The molecular weight excluding hydrogens is 430 g/mol. The average molecular weight is 458 g/mol. The minimum atomic E-state index is -0.0972. The molecule has 0 bridgehead atoms. The van der Waals surface area contributed by atoms with E-state index in [0.717, 1.165) is 46.5 Å². The fraction of sp³-hybridized carbons (Fsp3) is 0.478. The van der Waals surface area contributed by atoms with Crippen molar-refractivity contribution in [1.82, 2.24) is 14.8 Å². The van der Waals surface area contributed by atoms with Gasteiger partial charge in [-0.15, -0.1) is 0 Å². The van der Waals surface area contributed by atoms with Crippen molar-refractivity contribution in [2.75, 3.05) is 19.6 Å². The van der Waals surface area contributed by atoms with Crippen LogP contribution in [-0.2, 0) is 4.79 Å². The largest absolute Gasteiger partial charge is 0.356 e. The summed E-state index contributed by atoms with van der Waals surface area (Å²) in [5.41, 5.74) is 3.72. The maximum Gasteiger partial charge on any atom is 0.255 e. The number of hydrogen-bond donors (Lipinski definition) is 1. The van der Waals surface area contributed by atoms with Gasteiger partial charge in [0.2, 0.25) is 5.91 Å². The van der Waals surface area contributed by atoms with Gasteiger partial charge in [0, 0.05) is 41.2 Å². The third-order valence-corrected chi connectivity index (χ3v) is 6.56. The van der Waals surface area contributed by atoms with Crippen molar-refractivity contribution in [3.8, 4) is 5.69 Å². The molecule has 1 aliphatic heterocycles. The number of halogens is 1. The zero-order chi connectivity index (χ0) is 20.5. The summed E-state index contributed by atoms with van der Waals surface area (Å²) < 4.78 is 3.12.